The zero-order valence-corrected chi connectivity index (χ0v) is 58.2. The molecule has 428 valence electrons. The smallest absolute Gasteiger partial charge is 0.358 e. The maximum Gasteiger partial charge on any atom is 2.00 e. The summed E-state index contributed by atoms with van der Waals surface area (Å²) >= 11 is 0. The first-order valence-electron chi connectivity index (χ1n) is 26.7. The Morgan fingerprint density at radius 1 is 0.306 bits per heavy atom. The fraction of sp³-hybridized carbons (Fsp3) is 0.706. The Kier molecular flexibility index (Phi) is 87.8. The summed E-state index contributed by atoms with van der Waals surface area (Å²) in [6.07, 6.45) is 29.2. The number of benzene rings is 2. The minimum atomic E-state index is 0. The molecule has 72 heavy (non-hydrogen) atoms. The van der Waals surface area contributed by atoms with Gasteiger partial charge in [0.2, 0.25) is 0 Å². The first-order valence-corrected chi connectivity index (χ1v) is 26.7. The quantitative estimate of drug-likeness (QED) is 0.269. The zero-order chi connectivity index (χ0) is 44.9. The van der Waals surface area contributed by atoms with Crippen LogP contribution in [0.25, 0.3) is 0 Å². The molecule has 0 spiro atoms. The Morgan fingerprint density at radius 3 is 0.597 bits per heavy atom. The van der Waals surface area contributed by atoms with Crippen molar-refractivity contribution in [2.75, 3.05) is 0 Å². The minimum absolute atomic E-state index is 0. The molecule has 0 unspecified atom stereocenters. The van der Waals surface area contributed by atoms with E-state index in [1.54, 1.807) is 0 Å². The van der Waals surface area contributed by atoms with Gasteiger partial charge in [-0.1, -0.05) is 280 Å². The number of rotatable bonds is 3. The molecule has 6 saturated carbocycles. The Bertz CT molecular complexity index is 1030. The van der Waals surface area contributed by atoms with E-state index in [1.807, 2.05) is 12.1 Å². The van der Waals surface area contributed by atoms with Crippen LogP contribution in [0.5, 0.6) is 0 Å². The fourth-order valence-electron chi connectivity index (χ4n) is 10.7. The maximum absolute atomic E-state index is 2.40. The molecular weight excluding hydrogens is 1020 g/mol. The van der Waals surface area contributed by atoms with Crippen LogP contribution >= 0.6 is 0 Å². The molecule has 0 aromatic heterocycles. The molecule has 8 rings (SSSR count). The predicted octanol–water partition coefficient (Wildman–Crippen LogP) is 23.4. The Hall–Kier alpha value is 0.570. The monoisotopic (exact) mass is 1160 g/mol. The van der Waals surface area contributed by atoms with Crippen LogP contribution in [0.2, 0.25) is 0 Å². The van der Waals surface area contributed by atoms with Gasteiger partial charge in [-0.3, -0.25) is 0 Å². The van der Waals surface area contributed by atoms with E-state index in [1.165, 1.54) is 127 Å². The van der Waals surface area contributed by atoms with Gasteiger partial charge >= 0.3 is 69.4 Å². The van der Waals surface area contributed by atoms with Crippen molar-refractivity contribution in [2.24, 2.45) is 76.9 Å². The first kappa shape index (κ1) is 101. The van der Waals surface area contributed by atoms with E-state index in [-0.39, 0.29) is 129 Å². The molecule has 2 aromatic rings. The molecule has 6 aliphatic carbocycles. The summed E-state index contributed by atoms with van der Waals surface area (Å²) in [6, 6.07) is 20.9. The SMILES string of the molecule is C1CCCC1.C1CCCC1.CC(C)C1CCCC1.CC1C(C)C(C)C(C)C1C.CC1C(C)C(C)C(C)C1C.CC1CCCC1.CCc1ccccc1.CCc1ccccc1.[CH3-].[CH3-].[CH3-].[CH3-].[CH3-].[CH3-].[CH3-].[CH3-].[Cr+2].[Cr+2].[Cr+2].[Cr+2]. The van der Waals surface area contributed by atoms with E-state index in [9.17, 15) is 0 Å². The molecule has 0 nitrogen and oxygen atoms in total. The zero-order valence-electron chi connectivity index (χ0n) is 53.1. The minimum Gasteiger partial charge on any atom is -0.358 e. The van der Waals surface area contributed by atoms with Gasteiger partial charge in [-0.2, -0.15) is 0 Å². The predicted molar refractivity (Wildman–Crippen MR) is 325 cm³/mol. The van der Waals surface area contributed by atoms with Crippen LogP contribution in [0.15, 0.2) is 60.7 Å². The third kappa shape index (κ3) is 43.5. The molecule has 0 atom stereocenters. The number of hydrogen-bond acceptors (Lipinski definition) is 0. The second-order valence-electron chi connectivity index (χ2n) is 21.5. The first-order chi connectivity index (χ1) is 28.7. The van der Waals surface area contributed by atoms with Crippen molar-refractivity contribution in [1.29, 1.82) is 0 Å². The van der Waals surface area contributed by atoms with Gasteiger partial charge in [0, 0.05) is 0 Å². The summed E-state index contributed by atoms with van der Waals surface area (Å²) < 4.78 is 0. The van der Waals surface area contributed by atoms with E-state index < -0.39 is 0 Å². The average molecular weight is 1160 g/mol. The third-order valence-electron chi connectivity index (χ3n) is 17.3. The van der Waals surface area contributed by atoms with Crippen molar-refractivity contribution in [3.05, 3.63) is 131 Å². The van der Waals surface area contributed by atoms with Crippen molar-refractivity contribution >= 4 is 0 Å². The Morgan fingerprint density at radius 2 is 0.486 bits per heavy atom. The van der Waals surface area contributed by atoms with Gasteiger partial charge in [-0.05, 0) is 101 Å². The van der Waals surface area contributed by atoms with Crippen molar-refractivity contribution < 1.29 is 69.4 Å². The third-order valence-corrected chi connectivity index (χ3v) is 17.3. The van der Waals surface area contributed by atoms with E-state index >= 15 is 0 Å². The van der Waals surface area contributed by atoms with Crippen LogP contribution in [-0.2, 0) is 82.3 Å². The maximum atomic E-state index is 2.40. The van der Waals surface area contributed by atoms with Gasteiger partial charge in [0.15, 0.2) is 0 Å². The fourth-order valence-corrected chi connectivity index (χ4v) is 10.7. The summed E-state index contributed by atoms with van der Waals surface area (Å²) in [4.78, 5) is 0. The summed E-state index contributed by atoms with van der Waals surface area (Å²) in [5.74, 6) is 12.4. The topological polar surface area (TPSA) is 0 Å². The molecule has 6 fully saturated rings. The Balaban J connectivity index is -0.0000000563. The van der Waals surface area contributed by atoms with Crippen LogP contribution in [0.3, 0.4) is 0 Å². The molecule has 2 aromatic carbocycles. The van der Waals surface area contributed by atoms with Gasteiger partial charge < -0.3 is 59.4 Å². The molecule has 0 heterocycles. The number of hydrogen-bond donors (Lipinski definition) is 0. The van der Waals surface area contributed by atoms with Gasteiger partial charge in [0.25, 0.3) is 0 Å². The van der Waals surface area contributed by atoms with Gasteiger partial charge in [-0.15, -0.1) is 0 Å². The van der Waals surface area contributed by atoms with E-state index in [0.29, 0.717) is 0 Å². The van der Waals surface area contributed by atoms with Crippen molar-refractivity contribution in [2.45, 2.75) is 232 Å². The van der Waals surface area contributed by atoms with Crippen molar-refractivity contribution in [3.63, 3.8) is 0 Å². The second kappa shape index (κ2) is 62.4. The van der Waals surface area contributed by atoms with E-state index in [4.69, 9.17) is 0 Å². The van der Waals surface area contributed by atoms with Gasteiger partial charge in [0.05, 0.1) is 0 Å². The van der Waals surface area contributed by atoms with Gasteiger partial charge in [0.1, 0.15) is 0 Å². The molecule has 0 N–H and O–H groups in total. The largest absolute Gasteiger partial charge is 2.00 e. The molecular formula is C68H132Cr4. The van der Waals surface area contributed by atoms with Crippen LogP contribution in [0.4, 0.5) is 0 Å². The van der Waals surface area contributed by atoms with Crippen molar-refractivity contribution in [3.8, 4) is 0 Å². The molecule has 0 saturated heterocycles. The van der Waals surface area contributed by atoms with Crippen LogP contribution in [0, 0.1) is 136 Å². The normalized spacial score (nSPS) is 25.4. The average Bonchev–Trinajstić information content (AvgIpc) is 4.16. The van der Waals surface area contributed by atoms with E-state index in [0.717, 1.165) is 89.8 Å². The molecule has 6 aliphatic rings. The standard InChI is InChI=1S/2C10H20.C8H16.2C8H10.C6H12.2C5H10.8CH3.4Cr/c2*1-6-7(2)9(4)10(5)8(6)3;1-7(2)8-5-3-4-6-8;2*1-2-8-6-4-3-5-7-8;1-6-4-2-3-5-6;2*1-2-4-5-3-1;;;;;;;;;;;;/h2*6-10H,1-5H3;7-8H,3-6H2,1-2H3;2*3-7H,2H2,1H3;6H,2-5H2,1H3;2*1-5H2;8*1H3;;;;/q;;;;;;;;8*-1;4*+2. The summed E-state index contributed by atoms with van der Waals surface area (Å²) in [5.41, 5.74) is 2.82. The molecule has 0 amide bonds. The van der Waals surface area contributed by atoms with E-state index in [2.05, 4.69) is 152 Å². The van der Waals surface area contributed by atoms with Crippen LogP contribution in [0.1, 0.15) is 231 Å². The second-order valence-corrected chi connectivity index (χ2v) is 21.5. The van der Waals surface area contributed by atoms with Crippen LogP contribution < -0.4 is 0 Å². The molecule has 0 radical (unpaired) electrons. The summed E-state index contributed by atoms with van der Waals surface area (Å²) in [5, 5.41) is 0. The number of aryl methyl sites for hydroxylation is 2. The Labute approximate surface area is 505 Å². The van der Waals surface area contributed by atoms with Gasteiger partial charge in [-0.25, -0.2) is 0 Å². The molecule has 0 bridgehead atoms. The summed E-state index contributed by atoms with van der Waals surface area (Å²) in [6.45, 7) is 35.3. The molecule has 0 aliphatic heterocycles. The molecule has 4 heteroatoms. The van der Waals surface area contributed by atoms with Crippen molar-refractivity contribution in [1.82, 2.24) is 0 Å². The summed E-state index contributed by atoms with van der Waals surface area (Å²) in [7, 11) is 0. The van der Waals surface area contributed by atoms with Crippen LogP contribution in [-0.4, -0.2) is 0 Å².